The van der Waals surface area contributed by atoms with E-state index in [1.165, 1.54) is 0 Å². The van der Waals surface area contributed by atoms with Gasteiger partial charge in [0.05, 0.1) is 16.6 Å². The average molecular weight is 568 g/mol. The maximum atomic E-state index is 12.9. The number of rotatable bonds is 6. The molecule has 1 aromatic carbocycles. The Morgan fingerprint density at radius 2 is 1.81 bits per heavy atom. The SMILES string of the molecule is CC(CC(=O)N1CCN(c2ncc(C(F)(F)F)cn2)CC1)NC(C)c1n[nH]c(=O)c2ccc(Br)cc12. The first-order valence-electron chi connectivity index (χ1n) is 11.4. The fraction of sp³-hybridized carbons (Fsp3) is 0.435. The van der Waals surface area contributed by atoms with Crippen LogP contribution in [0.3, 0.4) is 0 Å². The number of aromatic nitrogens is 4. The largest absolute Gasteiger partial charge is 0.419 e. The molecule has 1 saturated heterocycles. The van der Waals surface area contributed by atoms with Crippen molar-refractivity contribution >= 4 is 38.6 Å². The summed E-state index contributed by atoms with van der Waals surface area (Å²) in [4.78, 5) is 36.1. The molecule has 0 radical (unpaired) electrons. The van der Waals surface area contributed by atoms with E-state index in [0.717, 1.165) is 22.3 Å². The van der Waals surface area contributed by atoms with E-state index in [1.807, 2.05) is 19.9 Å². The van der Waals surface area contributed by atoms with Gasteiger partial charge in [-0.3, -0.25) is 9.59 Å². The second-order valence-corrected chi connectivity index (χ2v) is 9.67. The van der Waals surface area contributed by atoms with E-state index in [9.17, 15) is 22.8 Å². The number of anilines is 1. The summed E-state index contributed by atoms with van der Waals surface area (Å²) < 4.78 is 39.0. The van der Waals surface area contributed by atoms with Gasteiger partial charge < -0.3 is 15.1 Å². The number of nitrogens with one attached hydrogen (secondary N) is 2. The Kier molecular flexibility index (Phi) is 7.59. The number of aromatic amines is 1. The van der Waals surface area contributed by atoms with Crippen LogP contribution in [-0.2, 0) is 11.0 Å². The highest BCUT2D eigenvalue weighted by Crippen LogP contribution is 2.28. The van der Waals surface area contributed by atoms with Crippen molar-refractivity contribution in [1.82, 2.24) is 30.4 Å². The Labute approximate surface area is 213 Å². The van der Waals surface area contributed by atoms with E-state index in [4.69, 9.17) is 0 Å². The molecule has 13 heteroatoms. The van der Waals surface area contributed by atoms with Gasteiger partial charge in [-0.25, -0.2) is 15.1 Å². The van der Waals surface area contributed by atoms with E-state index < -0.39 is 11.7 Å². The lowest BCUT2D eigenvalue weighted by Gasteiger charge is -2.35. The number of benzene rings is 1. The minimum Gasteiger partial charge on any atom is -0.339 e. The zero-order chi connectivity index (χ0) is 26.0. The van der Waals surface area contributed by atoms with Gasteiger partial charge in [0.25, 0.3) is 5.56 Å². The molecule has 2 N–H and O–H groups in total. The molecular formula is C23H25BrF3N7O2. The minimum absolute atomic E-state index is 0.0304. The lowest BCUT2D eigenvalue weighted by atomic mass is 10.1. The predicted molar refractivity (Wildman–Crippen MR) is 132 cm³/mol. The third-order valence-electron chi connectivity index (χ3n) is 6.09. The molecule has 4 rings (SSSR count). The summed E-state index contributed by atoms with van der Waals surface area (Å²) in [6.07, 6.45) is -2.68. The van der Waals surface area contributed by atoms with Gasteiger partial charge in [0.1, 0.15) is 0 Å². The molecule has 0 aliphatic carbocycles. The van der Waals surface area contributed by atoms with Gasteiger partial charge in [-0.2, -0.15) is 18.3 Å². The maximum absolute atomic E-state index is 12.9. The quantitative estimate of drug-likeness (QED) is 0.470. The predicted octanol–water partition coefficient (Wildman–Crippen LogP) is 3.27. The minimum atomic E-state index is -4.48. The second-order valence-electron chi connectivity index (χ2n) is 8.76. The number of H-pyrrole nitrogens is 1. The van der Waals surface area contributed by atoms with Gasteiger partial charge in [0.15, 0.2) is 0 Å². The van der Waals surface area contributed by atoms with Crippen LogP contribution in [0.25, 0.3) is 10.8 Å². The van der Waals surface area contributed by atoms with Gasteiger partial charge in [0.2, 0.25) is 11.9 Å². The number of piperazine rings is 1. The van der Waals surface area contributed by atoms with Crippen LogP contribution in [0, 0.1) is 0 Å². The van der Waals surface area contributed by atoms with E-state index in [0.29, 0.717) is 37.3 Å². The molecule has 2 unspecified atom stereocenters. The van der Waals surface area contributed by atoms with Crippen LogP contribution in [0.4, 0.5) is 19.1 Å². The number of amides is 1. The van der Waals surface area contributed by atoms with E-state index in [2.05, 4.69) is 41.4 Å². The highest BCUT2D eigenvalue weighted by atomic mass is 79.9. The average Bonchev–Trinajstić information content (AvgIpc) is 2.83. The molecule has 0 spiro atoms. The van der Waals surface area contributed by atoms with Crippen molar-refractivity contribution in [3.05, 3.63) is 56.7 Å². The molecule has 0 saturated carbocycles. The first kappa shape index (κ1) is 26.0. The Morgan fingerprint density at radius 1 is 1.14 bits per heavy atom. The number of hydrogen-bond donors (Lipinski definition) is 2. The van der Waals surface area contributed by atoms with E-state index in [1.54, 1.807) is 21.9 Å². The number of hydrogen-bond acceptors (Lipinski definition) is 7. The lowest BCUT2D eigenvalue weighted by Crippen LogP contribution is -2.50. The topological polar surface area (TPSA) is 107 Å². The standard InChI is InChI=1S/C23H25BrF3N7O2/c1-13(30-14(2)20-18-10-16(24)3-4-17(18)21(36)32-31-20)9-19(35)33-5-7-34(8-6-33)22-28-11-15(12-29-22)23(25,26)27/h3-4,10-14,30H,5-9H2,1-2H3,(H,32,36). The molecule has 3 aromatic rings. The van der Waals surface area contributed by atoms with Gasteiger partial charge in [-0.05, 0) is 32.0 Å². The molecule has 192 valence electrons. The smallest absolute Gasteiger partial charge is 0.339 e. The molecule has 36 heavy (non-hydrogen) atoms. The third-order valence-corrected chi connectivity index (χ3v) is 6.58. The molecular weight excluding hydrogens is 543 g/mol. The number of fused-ring (bicyclic) bond motifs is 1. The Hall–Kier alpha value is -3.06. The van der Waals surface area contributed by atoms with Gasteiger partial charge in [-0.1, -0.05) is 15.9 Å². The molecule has 3 heterocycles. The van der Waals surface area contributed by atoms with Gasteiger partial charge >= 0.3 is 6.18 Å². The van der Waals surface area contributed by atoms with Crippen LogP contribution >= 0.6 is 15.9 Å². The fourth-order valence-electron chi connectivity index (χ4n) is 4.23. The zero-order valence-electron chi connectivity index (χ0n) is 19.6. The number of nitrogens with zero attached hydrogens (tertiary/aromatic N) is 5. The number of carbonyl (C=O) groups excluding carboxylic acids is 1. The third kappa shape index (κ3) is 5.84. The summed E-state index contributed by atoms with van der Waals surface area (Å²) in [5, 5.41) is 11.4. The van der Waals surface area contributed by atoms with Crippen LogP contribution in [0.15, 0.2) is 39.9 Å². The monoisotopic (exact) mass is 567 g/mol. The molecule has 1 amide bonds. The summed E-state index contributed by atoms with van der Waals surface area (Å²) in [5.41, 5.74) is -0.485. The van der Waals surface area contributed by atoms with Crippen LogP contribution in [0.1, 0.15) is 37.6 Å². The van der Waals surface area contributed by atoms with Crippen molar-refractivity contribution in [3.8, 4) is 0 Å². The summed E-state index contributed by atoms with van der Waals surface area (Å²) in [7, 11) is 0. The first-order valence-corrected chi connectivity index (χ1v) is 12.2. The van der Waals surface area contributed by atoms with E-state index >= 15 is 0 Å². The Bertz CT molecular complexity index is 1290. The summed E-state index contributed by atoms with van der Waals surface area (Å²) in [6, 6.07) is 4.98. The summed E-state index contributed by atoms with van der Waals surface area (Å²) in [6.45, 7) is 5.53. The molecule has 9 nitrogen and oxygen atoms in total. The summed E-state index contributed by atoms with van der Waals surface area (Å²) in [5.74, 6) is 0.184. The summed E-state index contributed by atoms with van der Waals surface area (Å²) >= 11 is 3.43. The molecule has 1 fully saturated rings. The highest BCUT2D eigenvalue weighted by molar-refractivity contribution is 9.10. The molecule has 1 aliphatic heterocycles. The molecule has 1 aliphatic rings. The second kappa shape index (κ2) is 10.5. The Morgan fingerprint density at radius 3 is 2.44 bits per heavy atom. The lowest BCUT2D eigenvalue weighted by molar-refractivity contribution is -0.138. The number of halogens is 4. The van der Waals surface area contributed by atoms with Crippen molar-refractivity contribution in [1.29, 1.82) is 0 Å². The van der Waals surface area contributed by atoms with E-state index in [-0.39, 0.29) is 35.9 Å². The maximum Gasteiger partial charge on any atom is 0.419 e. The molecule has 2 aromatic heterocycles. The van der Waals surface area contributed by atoms with Gasteiger partial charge in [0, 0.05) is 66.9 Å². The zero-order valence-corrected chi connectivity index (χ0v) is 21.2. The van der Waals surface area contributed by atoms with Crippen molar-refractivity contribution in [2.24, 2.45) is 0 Å². The van der Waals surface area contributed by atoms with Crippen molar-refractivity contribution in [2.75, 3.05) is 31.1 Å². The fourth-order valence-corrected chi connectivity index (χ4v) is 4.59. The van der Waals surface area contributed by atoms with Gasteiger partial charge in [-0.15, -0.1) is 0 Å². The first-order chi connectivity index (χ1) is 17.0. The van der Waals surface area contributed by atoms with Crippen molar-refractivity contribution in [3.63, 3.8) is 0 Å². The number of carbonyl (C=O) groups is 1. The number of alkyl halides is 3. The molecule has 2 atom stereocenters. The Balaban J connectivity index is 1.32. The van der Waals surface area contributed by atoms with Crippen molar-refractivity contribution < 1.29 is 18.0 Å². The highest BCUT2D eigenvalue weighted by Gasteiger charge is 2.32. The molecule has 0 bridgehead atoms. The van der Waals surface area contributed by atoms with Crippen LogP contribution in [0.2, 0.25) is 0 Å². The normalized spacial score (nSPS) is 16.3. The van der Waals surface area contributed by atoms with Crippen LogP contribution in [-0.4, -0.2) is 63.2 Å². The van der Waals surface area contributed by atoms with Crippen LogP contribution in [0.5, 0.6) is 0 Å². The van der Waals surface area contributed by atoms with Crippen molar-refractivity contribution in [2.45, 2.75) is 38.5 Å². The van der Waals surface area contributed by atoms with Crippen LogP contribution < -0.4 is 15.8 Å².